The lowest BCUT2D eigenvalue weighted by atomic mass is 9.71. The molecular weight excluding hydrogens is 316 g/mol. The van der Waals surface area contributed by atoms with Gasteiger partial charge in [0, 0.05) is 11.6 Å². The third kappa shape index (κ3) is 3.85. The highest BCUT2D eigenvalue weighted by molar-refractivity contribution is 6.31. The molecule has 0 atom stereocenters. The summed E-state index contributed by atoms with van der Waals surface area (Å²) in [5.74, 6) is -0.472. The Morgan fingerprint density at radius 2 is 1.96 bits per heavy atom. The van der Waals surface area contributed by atoms with Crippen molar-refractivity contribution in [2.24, 2.45) is 11.7 Å². The average Bonchev–Trinajstić information content (AvgIpc) is 2.92. The van der Waals surface area contributed by atoms with Crippen LogP contribution in [0.1, 0.15) is 42.7 Å². The van der Waals surface area contributed by atoms with Gasteiger partial charge in [-0.05, 0) is 61.9 Å². The van der Waals surface area contributed by atoms with E-state index >= 15 is 0 Å². The summed E-state index contributed by atoms with van der Waals surface area (Å²) in [4.78, 5) is 24.6. The van der Waals surface area contributed by atoms with Gasteiger partial charge in [0.25, 0.3) is 0 Å². The van der Waals surface area contributed by atoms with Crippen molar-refractivity contribution in [1.82, 2.24) is 4.90 Å². The van der Waals surface area contributed by atoms with E-state index in [4.69, 9.17) is 17.3 Å². The number of likely N-dealkylation sites (tertiary alicyclic amines) is 1. The maximum Gasteiger partial charge on any atom is 0.412 e. The summed E-state index contributed by atoms with van der Waals surface area (Å²) in [6.07, 6.45) is 2.84. The SMILES string of the molecule is NC(=O)OC(=O)C1CC(c2ccc(CN3CCCC3)c(Cl)c2)C1. The van der Waals surface area contributed by atoms with Crippen molar-refractivity contribution in [3.63, 3.8) is 0 Å². The van der Waals surface area contributed by atoms with Gasteiger partial charge in [-0.15, -0.1) is 0 Å². The number of carbonyl (C=O) groups excluding carboxylic acids is 2. The van der Waals surface area contributed by atoms with Crippen LogP contribution in [0, 0.1) is 5.92 Å². The molecule has 0 radical (unpaired) electrons. The summed E-state index contributed by atoms with van der Waals surface area (Å²) >= 11 is 6.42. The maximum absolute atomic E-state index is 11.6. The molecule has 1 aromatic rings. The Kier molecular flexibility index (Phi) is 4.87. The van der Waals surface area contributed by atoms with E-state index in [9.17, 15) is 9.59 Å². The number of carbonyl (C=O) groups is 2. The summed E-state index contributed by atoms with van der Waals surface area (Å²) < 4.78 is 4.42. The van der Waals surface area contributed by atoms with E-state index in [0.717, 1.165) is 35.8 Å². The van der Waals surface area contributed by atoms with E-state index < -0.39 is 12.1 Å². The van der Waals surface area contributed by atoms with Crippen LogP contribution < -0.4 is 5.73 Å². The number of benzene rings is 1. The molecule has 6 heteroatoms. The zero-order valence-corrected chi connectivity index (χ0v) is 13.7. The summed E-state index contributed by atoms with van der Waals surface area (Å²) in [6, 6.07) is 6.19. The minimum absolute atomic E-state index is 0.240. The van der Waals surface area contributed by atoms with E-state index in [1.807, 2.05) is 6.07 Å². The minimum atomic E-state index is -1.03. The third-order valence-electron chi connectivity index (χ3n) is 4.81. The molecule has 0 spiro atoms. The number of nitrogens with zero attached hydrogens (tertiary/aromatic N) is 1. The van der Waals surface area contributed by atoms with Crippen molar-refractivity contribution in [3.8, 4) is 0 Å². The molecule has 2 fully saturated rings. The Labute approximate surface area is 140 Å². The minimum Gasteiger partial charge on any atom is -0.376 e. The number of esters is 1. The number of hydrogen-bond acceptors (Lipinski definition) is 4. The normalized spacial score (nSPS) is 24.2. The van der Waals surface area contributed by atoms with Gasteiger partial charge in [-0.2, -0.15) is 0 Å². The van der Waals surface area contributed by atoms with Gasteiger partial charge in [0.05, 0.1) is 5.92 Å². The lowest BCUT2D eigenvalue weighted by molar-refractivity contribution is -0.145. The van der Waals surface area contributed by atoms with Gasteiger partial charge in [-0.1, -0.05) is 23.7 Å². The number of rotatable bonds is 4. The summed E-state index contributed by atoms with van der Waals surface area (Å²) in [6.45, 7) is 3.19. The van der Waals surface area contributed by atoms with Gasteiger partial charge in [-0.25, -0.2) is 4.79 Å². The average molecular weight is 337 g/mol. The fraction of sp³-hybridized carbons (Fsp3) is 0.529. The molecule has 1 saturated carbocycles. The standard InChI is InChI=1S/C17H21ClN2O3/c18-15-9-11(3-4-12(15)10-20-5-1-2-6-20)13-7-14(8-13)16(21)23-17(19)22/h3-4,9,13-14H,1-2,5-8,10H2,(H2,19,22). The molecule has 23 heavy (non-hydrogen) atoms. The number of primary amides is 1. The molecule has 0 bridgehead atoms. The second kappa shape index (κ2) is 6.89. The molecule has 2 N–H and O–H groups in total. The molecule has 3 rings (SSSR count). The molecule has 0 unspecified atom stereocenters. The molecule has 1 heterocycles. The van der Waals surface area contributed by atoms with Crippen molar-refractivity contribution >= 4 is 23.7 Å². The number of hydrogen-bond donors (Lipinski definition) is 1. The van der Waals surface area contributed by atoms with Gasteiger partial charge in [0.2, 0.25) is 0 Å². The monoisotopic (exact) mass is 336 g/mol. The summed E-state index contributed by atoms with van der Waals surface area (Å²) in [7, 11) is 0. The largest absolute Gasteiger partial charge is 0.412 e. The van der Waals surface area contributed by atoms with Crippen molar-refractivity contribution in [3.05, 3.63) is 34.3 Å². The van der Waals surface area contributed by atoms with Crippen LogP contribution in [0.25, 0.3) is 0 Å². The first-order chi connectivity index (χ1) is 11.0. The fourth-order valence-corrected chi connectivity index (χ4v) is 3.64. The van der Waals surface area contributed by atoms with Crippen LogP contribution in [0.5, 0.6) is 0 Å². The topological polar surface area (TPSA) is 72.6 Å². The molecule has 1 aromatic carbocycles. The van der Waals surface area contributed by atoms with E-state index in [-0.39, 0.29) is 5.92 Å². The fourth-order valence-electron chi connectivity index (χ4n) is 3.39. The quantitative estimate of drug-likeness (QED) is 0.677. The molecule has 2 aliphatic rings. The Bertz CT molecular complexity index is 608. The van der Waals surface area contributed by atoms with Gasteiger partial charge >= 0.3 is 12.1 Å². The zero-order valence-electron chi connectivity index (χ0n) is 13.0. The number of nitrogens with two attached hydrogens (primary N) is 1. The molecule has 5 nitrogen and oxygen atoms in total. The molecule has 0 aromatic heterocycles. The number of amides is 1. The van der Waals surface area contributed by atoms with Crippen molar-refractivity contribution < 1.29 is 14.3 Å². The molecule has 1 amide bonds. The first-order valence-corrected chi connectivity index (χ1v) is 8.42. The van der Waals surface area contributed by atoms with Crippen LogP contribution >= 0.6 is 11.6 Å². The van der Waals surface area contributed by atoms with E-state index in [1.165, 1.54) is 12.8 Å². The van der Waals surface area contributed by atoms with Crippen LogP contribution in [0.15, 0.2) is 18.2 Å². The van der Waals surface area contributed by atoms with Crippen LogP contribution in [0.2, 0.25) is 5.02 Å². The molecule has 1 saturated heterocycles. The number of ether oxygens (including phenoxy) is 1. The van der Waals surface area contributed by atoms with Gasteiger partial charge in [0.1, 0.15) is 0 Å². The first-order valence-electron chi connectivity index (χ1n) is 8.04. The molecule has 124 valence electrons. The maximum atomic E-state index is 11.6. The van der Waals surface area contributed by atoms with E-state index in [2.05, 4.69) is 21.8 Å². The highest BCUT2D eigenvalue weighted by atomic mass is 35.5. The summed E-state index contributed by atoms with van der Waals surface area (Å²) in [5, 5.41) is 0.789. The lowest BCUT2D eigenvalue weighted by Crippen LogP contribution is -2.33. The molecular formula is C17H21ClN2O3. The second-order valence-corrected chi connectivity index (χ2v) is 6.85. The highest BCUT2D eigenvalue weighted by Gasteiger charge is 2.37. The molecule has 1 aliphatic carbocycles. The van der Waals surface area contributed by atoms with Crippen LogP contribution in [0.4, 0.5) is 4.79 Å². The smallest absolute Gasteiger partial charge is 0.376 e. The van der Waals surface area contributed by atoms with Gasteiger partial charge < -0.3 is 10.5 Å². The molecule has 1 aliphatic heterocycles. The predicted octanol–water partition coefficient (Wildman–Crippen LogP) is 3.05. The van der Waals surface area contributed by atoms with Gasteiger partial charge in [-0.3, -0.25) is 9.69 Å². The number of halogens is 1. The van der Waals surface area contributed by atoms with Crippen LogP contribution in [-0.4, -0.2) is 30.1 Å². The predicted molar refractivity (Wildman–Crippen MR) is 87.1 cm³/mol. The Morgan fingerprint density at radius 1 is 1.26 bits per heavy atom. The van der Waals surface area contributed by atoms with Crippen molar-refractivity contribution in [2.75, 3.05) is 13.1 Å². The zero-order chi connectivity index (χ0) is 16.4. The van der Waals surface area contributed by atoms with E-state index in [0.29, 0.717) is 18.8 Å². The second-order valence-electron chi connectivity index (χ2n) is 6.44. The van der Waals surface area contributed by atoms with Crippen molar-refractivity contribution in [1.29, 1.82) is 0 Å². The highest BCUT2D eigenvalue weighted by Crippen LogP contribution is 2.43. The van der Waals surface area contributed by atoms with Crippen LogP contribution in [-0.2, 0) is 16.1 Å². The lowest BCUT2D eigenvalue weighted by Gasteiger charge is -2.33. The Morgan fingerprint density at radius 3 is 2.57 bits per heavy atom. The third-order valence-corrected chi connectivity index (χ3v) is 5.17. The van der Waals surface area contributed by atoms with Gasteiger partial charge in [0.15, 0.2) is 0 Å². The Balaban J connectivity index is 1.56. The van der Waals surface area contributed by atoms with E-state index in [1.54, 1.807) is 0 Å². The van der Waals surface area contributed by atoms with Crippen LogP contribution in [0.3, 0.4) is 0 Å². The summed E-state index contributed by atoms with van der Waals surface area (Å²) in [5.41, 5.74) is 7.15. The first kappa shape index (κ1) is 16.3. The van der Waals surface area contributed by atoms with Crippen molar-refractivity contribution in [2.45, 2.75) is 38.1 Å². The Hall–Kier alpha value is -1.59.